The normalized spacial score (nSPS) is 22.7. The zero-order valence-electron chi connectivity index (χ0n) is 8.52. The number of morpholine rings is 1. The molecule has 0 amide bonds. The van der Waals surface area contributed by atoms with Crippen molar-refractivity contribution in [3.05, 3.63) is 0 Å². The molecule has 0 bridgehead atoms. The van der Waals surface area contributed by atoms with E-state index in [1.54, 1.807) is 0 Å². The first kappa shape index (κ1) is 12.3. The Morgan fingerprint density at radius 3 is 3.20 bits per heavy atom. The van der Waals surface area contributed by atoms with Crippen molar-refractivity contribution in [2.24, 2.45) is 5.84 Å². The highest BCUT2D eigenvalue weighted by Crippen LogP contribution is 2.06. The Labute approximate surface area is 88.0 Å². The maximum Gasteiger partial charge on any atom is 0.327 e. The molecule has 7 nitrogen and oxygen atoms in total. The number of carbonyl (C=O) groups excluding carboxylic acids is 1. The summed E-state index contributed by atoms with van der Waals surface area (Å²) in [7, 11) is 0. The van der Waals surface area contributed by atoms with Crippen molar-refractivity contribution in [3.8, 4) is 0 Å². The second-order valence-corrected chi connectivity index (χ2v) is 3.29. The maximum absolute atomic E-state index is 11.0. The summed E-state index contributed by atoms with van der Waals surface area (Å²) < 4.78 is 5.21. The van der Waals surface area contributed by atoms with Gasteiger partial charge in [-0.05, 0) is 0 Å². The topological polar surface area (TPSA) is 97.0 Å². The fourth-order valence-electron chi connectivity index (χ4n) is 1.50. The van der Waals surface area contributed by atoms with Crippen LogP contribution in [0.25, 0.3) is 0 Å². The Balaban J connectivity index is 2.26. The molecule has 1 heterocycles. The number of aliphatic hydroxyl groups is 1. The van der Waals surface area contributed by atoms with Gasteiger partial charge in [-0.3, -0.25) is 9.69 Å². The molecule has 7 heteroatoms. The summed E-state index contributed by atoms with van der Waals surface area (Å²) in [5.41, 5.74) is 1.84. The minimum atomic E-state index is -0.416. The molecular weight excluding hydrogens is 202 g/mol. The summed E-state index contributed by atoms with van der Waals surface area (Å²) in [6.07, 6.45) is 0.237. The maximum atomic E-state index is 11.0. The first-order valence-corrected chi connectivity index (χ1v) is 4.86. The van der Waals surface area contributed by atoms with Crippen LogP contribution >= 0.6 is 0 Å². The molecule has 1 fully saturated rings. The third-order valence-electron chi connectivity index (χ3n) is 2.34. The third-order valence-corrected chi connectivity index (χ3v) is 2.34. The van der Waals surface area contributed by atoms with Crippen LogP contribution in [0.15, 0.2) is 0 Å². The number of nitrogens with two attached hydrogens (primary N) is 1. The van der Waals surface area contributed by atoms with Gasteiger partial charge >= 0.3 is 5.97 Å². The molecule has 1 aliphatic heterocycles. The number of nitrogens with one attached hydrogen (secondary N) is 1. The lowest BCUT2D eigenvalue weighted by atomic mass is 10.2. The van der Waals surface area contributed by atoms with Crippen LogP contribution in [0.3, 0.4) is 0 Å². The van der Waals surface area contributed by atoms with E-state index in [2.05, 4.69) is 4.84 Å². The molecule has 4 N–H and O–H groups in total. The van der Waals surface area contributed by atoms with Gasteiger partial charge in [-0.1, -0.05) is 5.59 Å². The molecule has 1 atom stereocenters. The second-order valence-electron chi connectivity index (χ2n) is 3.29. The number of hydrogen-bond donors (Lipinski definition) is 3. The molecule has 0 aromatic heterocycles. The van der Waals surface area contributed by atoms with Crippen LogP contribution in [0.5, 0.6) is 0 Å². The average Bonchev–Trinajstić information content (AvgIpc) is 2.27. The van der Waals surface area contributed by atoms with E-state index < -0.39 is 5.97 Å². The number of nitrogens with zero attached hydrogens (tertiary/aromatic N) is 1. The molecule has 1 unspecified atom stereocenters. The highest BCUT2D eigenvalue weighted by Gasteiger charge is 2.22. The van der Waals surface area contributed by atoms with Gasteiger partial charge in [0.05, 0.1) is 32.3 Å². The molecular formula is C8H17N3O4. The monoisotopic (exact) mass is 219 g/mol. The number of aliphatic hydroxyl groups excluding tert-OH is 1. The van der Waals surface area contributed by atoms with Crippen LogP contribution in [0.2, 0.25) is 0 Å². The Hall–Kier alpha value is -0.730. The minimum absolute atomic E-state index is 0.0302. The van der Waals surface area contributed by atoms with Gasteiger partial charge in [-0.2, -0.15) is 0 Å². The van der Waals surface area contributed by atoms with E-state index in [1.807, 2.05) is 10.5 Å². The summed E-state index contributed by atoms with van der Waals surface area (Å²) in [6.45, 7) is 2.41. The third kappa shape index (κ3) is 4.10. The summed E-state index contributed by atoms with van der Waals surface area (Å²) >= 11 is 0. The molecule has 0 aromatic carbocycles. The average molecular weight is 219 g/mol. The van der Waals surface area contributed by atoms with Crippen molar-refractivity contribution < 1.29 is 19.5 Å². The van der Waals surface area contributed by atoms with Crippen LogP contribution in [0.1, 0.15) is 6.42 Å². The van der Waals surface area contributed by atoms with Crippen molar-refractivity contribution in [1.29, 1.82) is 0 Å². The van der Waals surface area contributed by atoms with Gasteiger partial charge in [0.15, 0.2) is 0 Å². The van der Waals surface area contributed by atoms with Crippen LogP contribution < -0.4 is 11.4 Å². The fraction of sp³-hybridized carbons (Fsp3) is 0.875. The fourth-order valence-corrected chi connectivity index (χ4v) is 1.50. The van der Waals surface area contributed by atoms with Gasteiger partial charge < -0.3 is 14.7 Å². The van der Waals surface area contributed by atoms with E-state index in [0.29, 0.717) is 26.3 Å². The highest BCUT2D eigenvalue weighted by atomic mass is 16.7. The van der Waals surface area contributed by atoms with E-state index in [-0.39, 0.29) is 19.1 Å². The van der Waals surface area contributed by atoms with Gasteiger partial charge in [0.1, 0.15) is 0 Å². The van der Waals surface area contributed by atoms with Gasteiger partial charge in [0, 0.05) is 13.1 Å². The van der Waals surface area contributed by atoms with Crippen molar-refractivity contribution in [2.75, 3.05) is 32.9 Å². The largest absolute Gasteiger partial charge is 0.395 e. The molecule has 1 rings (SSSR count). The van der Waals surface area contributed by atoms with Crippen LogP contribution in [-0.2, 0) is 14.4 Å². The van der Waals surface area contributed by atoms with E-state index in [9.17, 15) is 4.79 Å². The lowest BCUT2D eigenvalue weighted by molar-refractivity contribution is -0.152. The molecule has 0 aromatic rings. The predicted molar refractivity (Wildman–Crippen MR) is 51.3 cm³/mol. The SMILES string of the molecule is NNOC(=O)CCN1CCOCC1CO. The van der Waals surface area contributed by atoms with Gasteiger partial charge in [-0.15, -0.1) is 0 Å². The summed E-state index contributed by atoms with van der Waals surface area (Å²) in [5, 5.41) is 9.06. The molecule has 1 aliphatic rings. The molecule has 15 heavy (non-hydrogen) atoms. The second kappa shape index (κ2) is 6.70. The molecule has 1 saturated heterocycles. The number of rotatable bonds is 5. The number of hydrazine groups is 1. The molecule has 0 saturated carbocycles. The Kier molecular flexibility index (Phi) is 5.51. The van der Waals surface area contributed by atoms with Crippen LogP contribution in [0, 0.1) is 0 Å². The molecule has 88 valence electrons. The molecule has 0 aliphatic carbocycles. The van der Waals surface area contributed by atoms with Gasteiger partial charge in [-0.25, -0.2) is 5.84 Å². The standard InChI is InChI=1S/C8H17N3O4/c9-10-15-8(13)1-2-11-3-4-14-6-7(11)5-12/h7,10,12H,1-6,9H2. The van der Waals surface area contributed by atoms with Crippen molar-refractivity contribution in [2.45, 2.75) is 12.5 Å². The Morgan fingerprint density at radius 2 is 2.53 bits per heavy atom. The summed E-state index contributed by atoms with van der Waals surface area (Å²) in [5.74, 6) is 4.41. The zero-order valence-corrected chi connectivity index (χ0v) is 8.52. The number of hydrogen-bond acceptors (Lipinski definition) is 7. The van der Waals surface area contributed by atoms with Gasteiger partial charge in [0.2, 0.25) is 0 Å². The van der Waals surface area contributed by atoms with Crippen LogP contribution in [-0.4, -0.2) is 54.9 Å². The summed E-state index contributed by atoms with van der Waals surface area (Å²) in [6, 6.07) is -0.0302. The molecule has 0 spiro atoms. The lowest BCUT2D eigenvalue weighted by Crippen LogP contribution is -2.48. The smallest absolute Gasteiger partial charge is 0.327 e. The first-order valence-electron chi connectivity index (χ1n) is 4.86. The highest BCUT2D eigenvalue weighted by molar-refractivity contribution is 5.69. The van der Waals surface area contributed by atoms with E-state index in [1.165, 1.54) is 0 Å². The van der Waals surface area contributed by atoms with Crippen molar-refractivity contribution >= 4 is 5.97 Å². The quantitative estimate of drug-likeness (QED) is 0.363. The van der Waals surface area contributed by atoms with E-state index >= 15 is 0 Å². The van der Waals surface area contributed by atoms with Crippen molar-refractivity contribution in [1.82, 2.24) is 10.5 Å². The zero-order chi connectivity index (χ0) is 11.1. The Morgan fingerprint density at radius 1 is 1.73 bits per heavy atom. The minimum Gasteiger partial charge on any atom is -0.395 e. The Bertz CT molecular complexity index is 202. The number of ether oxygens (including phenoxy) is 1. The number of carbonyl (C=O) groups is 1. The van der Waals surface area contributed by atoms with Gasteiger partial charge in [0.25, 0.3) is 0 Å². The predicted octanol–water partition coefficient (Wildman–Crippen LogP) is -2.01. The first-order chi connectivity index (χ1) is 7.27. The molecule has 0 radical (unpaired) electrons. The van der Waals surface area contributed by atoms with Crippen molar-refractivity contribution in [3.63, 3.8) is 0 Å². The van der Waals surface area contributed by atoms with E-state index in [0.717, 1.165) is 0 Å². The summed E-state index contributed by atoms with van der Waals surface area (Å²) in [4.78, 5) is 17.4. The lowest BCUT2D eigenvalue weighted by Gasteiger charge is -2.33. The van der Waals surface area contributed by atoms with E-state index in [4.69, 9.17) is 15.7 Å². The van der Waals surface area contributed by atoms with Crippen LogP contribution in [0.4, 0.5) is 0 Å².